The number of hydrogen-bond acceptors (Lipinski definition) is 3. The molecule has 0 aromatic carbocycles. The van der Waals surface area contributed by atoms with E-state index in [1.807, 2.05) is 12.4 Å². The third-order valence-corrected chi connectivity index (χ3v) is 3.68. The Morgan fingerprint density at radius 2 is 2.41 bits per heavy atom. The molecule has 0 radical (unpaired) electrons. The zero-order valence-corrected chi connectivity index (χ0v) is 10.0. The van der Waals surface area contributed by atoms with Gasteiger partial charge >= 0.3 is 0 Å². The summed E-state index contributed by atoms with van der Waals surface area (Å²) < 4.78 is 2.06. The first-order valence-electron chi connectivity index (χ1n) is 6.09. The molecule has 0 amide bonds. The Morgan fingerprint density at radius 3 is 3.18 bits per heavy atom. The molecule has 0 bridgehead atoms. The molecule has 1 aliphatic rings. The largest absolute Gasteiger partial charge is 0.508 e. The first kappa shape index (κ1) is 10.6. The summed E-state index contributed by atoms with van der Waals surface area (Å²) in [6, 6.07) is 4.06. The number of imidazole rings is 1. The Bertz CT molecular complexity index is 534. The van der Waals surface area contributed by atoms with Gasteiger partial charge in [0.25, 0.3) is 0 Å². The van der Waals surface area contributed by atoms with Crippen molar-refractivity contribution in [2.24, 2.45) is 0 Å². The molecule has 4 nitrogen and oxygen atoms in total. The third-order valence-electron chi connectivity index (χ3n) is 3.68. The van der Waals surface area contributed by atoms with Gasteiger partial charge in [-0.3, -0.25) is 0 Å². The van der Waals surface area contributed by atoms with E-state index >= 15 is 0 Å². The van der Waals surface area contributed by atoms with Crippen molar-refractivity contribution in [2.75, 3.05) is 13.6 Å². The van der Waals surface area contributed by atoms with Crippen molar-refractivity contribution in [3.8, 4) is 5.75 Å². The second-order valence-corrected chi connectivity index (χ2v) is 4.84. The van der Waals surface area contributed by atoms with Gasteiger partial charge in [-0.05, 0) is 32.5 Å². The average Bonchev–Trinajstić information content (AvgIpc) is 2.87. The molecule has 0 spiro atoms. The molecule has 2 aromatic rings. The van der Waals surface area contributed by atoms with Crippen LogP contribution in [0.15, 0.2) is 24.5 Å². The van der Waals surface area contributed by atoms with E-state index < -0.39 is 0 Å². The lowest BCUT2D eigenvalue weighted by Crippen LogP contribution is -2.27. The Hall–Kier alpha value is -1.55. The Morgan fingerprint density at radius 1 is 1.53 bits per heavy atom. The summed E-state index contributed by atoms with van der Waals surface area (Å²) in [5, 5.41) is 9.42. The molecule has 0 saturated carbocycles. The summed E-state index contributed by atoms with van der Waals surface area (Å²) in [5.74, 6) is 1.38. The highest BCUT2D eigenvalue weighted by atomic mass is 16.3. The number of pyridine rings is 1. The van der Waals surface area contributed by atoms with E-state index in [0.717, 1.165) is 17.8 Å². The molecule has 17 heavy (non-hydrogen) atoms. The molecule has 1 unspecified atom stereocenters. The minimum atomic E-state index is 0.293. The van der Waals surface area contributed by atoms with Gasteiger partial charge in [-0.25, -0.2) is 4.98 Å². The first-order chi connectivity index (χ1) is 8.24. The number of aromatic nitrogens is 2. The molecule has 1 fully saturated rings. The van der Waals surface area contributed by atoms with Crippen molar-refractivity contribution >= 4 is 5.52 Å². The van der Waals surface area contributed by atoms with Gasteiger partial charge in [0.15, 0.2) is 0 Å². The Kier molecular flexibility index (Phi) is 2.52. The summed E-state index contributed by atoms with van der Waals surface area (Å²) in [7, 11) is 2.18. The zero-order chi connectivity index (χ0) is 11.8. The summed E-state index contributed by atoms with van der Waals surface area (Å²) >= 11 is 0. The summed E-state index contributed by atoms with van der Waals surface area (Å²) in [6.07, 6.45) is 7.23. The Balaban J connectivity index is 1.90. The van der Waals surface area contributed by atoms with Gasteiger partial charge in [0.1, 0.15) is 11.6 Å². The van der Waals surface area contributed by atoms with Gasteiger partial charge in [-0.15, -0.1) is 0 Å². The molecular weight excluding hydrogens is 214 g/mol. The molecule has 4 heteroatoms. The topological polar surface area (TPSA) is 40.8 Å². The SMILES string of the molecule is CN1CCCC1Cc1ncc2cc(O)ccn12. The molecule has 1 atom stereocenters. The highest BCUT2D eigenvalue weighted by molar-refractivity contribution is 5.50. The molecule has 2 aromatic heterocycles. The molecule has 3 heterocycles. The summed E-state index contributed by atoms with van der Waals surface area (Å²) in [5.41, 5.74) is 0.959. The standard InChI is InChI=1S/C13H17N3O/c1-15-5-2-3-10(15)8-13-14-9-11-7-12(17)4-6-16(11)13/h4,6-7,9-10,17H,2-3,5,8H2,1H3. The van der Waals surface area contributed by atoms with Gasteiger partial charge in [0, 0.05) is 24.7 Å². The maximum atomic E-state index is 9.42. The molecule has 1 aliphatic heterocycles. The third kappa shape index (κ3) is 1.89. The van der Waals surface area contributed by atoms with E-state index in [4.69, 9.17) is 0 Å². The van der Waals surface area contributed by atoms with Crippen LogP contribution in [0.5, 0.6) is 5.75 Å². The van der Waals surface area contributed by atoms with E-state index in [9.17, 15) is 5.11 Å². The van der Waals surface area contributed by atoms with E-state index in [0.29, 0.717) is 11.8 Å². The molecular formula is C13H17N3O. The van der Waals surface area contributed by atoms with Gasteiger partial charge in [0.05, 0.1) is 11.7 Å². The highest BCUT2D eigenvalue weighted by Crippen LogP contribution is 2.20. The first-order valence-corrected chi connectivity index (χ1v) is 6.09. The number of likely N-dealkylation sites (tertiary alicyclic amines) is 1. The van der Waals surface area contributed by atoms with Crippen LogP contribution in [0.2, 0.25) is 0 Å². The smallest absolute Gasteiger partial charge is 0.119 e. The van der Waals surface area contributed by atoms with Gasteiger partial charge in [-0.2, -0.15) is 0 Å². The van der Waals surface area contributed by atoms with Crippen LogP contribution in [0.4, 0.5) is 0 Å². The number of fused-ring (bicyclic) bond motifs is 1. The molecule has 0 aliphatic carbocycles. The number of rotatable bonds is 2. The van der Waals surface area contributed by atoms with Gasteiger partial charge < -0.3 is 14.4 Å². The van der Waals surface area contributed by atoms with Crippen molar-refractivity contribution in [1.82, 2.24) is 14.3 Å². The van der Waals surface area contributed by atoms with Crippen LogP contribution in [0.25, 0.3) is 5.52 Å². The molecule has 1 N–H and O–H groups in total. The van der Waals surface area contributed by atoms with Crippen LogP contribution < -0.4 is 0 Å². The van der Waals surface area contributed by atoms with Crippen LogP contribution in [0, 0.1) is 0 Å². The molecule has 3 rings (SSSR count). The van der Waals surface area contributed by atoms with Gasteiger partial charge in [0.2, 0.25) is 0 Å². The van der Waals surface area contributed by atoms with Crippen LogP contribution in [-0.4, -0.2) is 39.0 Å². The monoisotopic (exact) mass is 231 g/mol. The lowest BCUT2D eigenvalue weighted by Gasteiger charge is -2.18. The fourth-order valence-corrected chi connectivity index (χ4v) is 2.64. The highest BCUT2D eigenvalue weighted by Gasteiger charge is 2.22. The van der Waals surface area contributed by atoms with Crippen molar-refractivity contribution in [2.45, 2.75) is 25.3 Å². The Labute approximate surface area is 101 Å². The zero-order valence-electron chi connectivity index (χ0n) is 10.0. The minimum absolute atomic E-state index is 0.293. The lowest BCUT2D eigenvalue weighted by atomic mass is 10.1. The van der Waals surface area contributed by atoms with Gasteiger partial charge in [-0.1, -0.05) is 0 Å². The van der Waals surface area contributed by atoms with Crippen LogP contribution in [0.1, 0.15) is 18.7 Å². The van der Waals surface area contributed by atoms with Crippen LogP contribution in [-0.2, 0) is 6.42 Å². The number of hydrogen-bond donors (Lipinski definition) is 1. The minimum Gasteiger partial charge on any atom is -0.508 e. The summed E-state index contributed by atoms with van der Waals surface area (Å²) in [6.45, 7) is 1.19. The van der Waals surface area contributed by atoms with Crippen molar-refractivity contribution < 1.29 is 5.11 Å². The number of nitrogens with zero attached hydrogens (tertiary/aromatic N) is 3. The predicted octanol–water partition coefficient (Wildman–Crippen LogP) is 1.68. The van der Waals surface area contributed by atoms with Crippen molar-refractivity contribution in [3.05, 3.63) is 30.4 Å². The second-order valence-electron chi connectivity index (χ2n) is 4.84. The fourth-order valence-electron chi connectivity index (χ4n) is 2.64. The molecule has 90 valence electrons. The number of likely N-dealkylation sites (N-methyl/N-ethyl adjacent to an activating group) is 1. The fraction of sp³-hybridized carbons (Fsp3) is 0.462. The normalized spacial score (nSPS) is 21.4. The van der Waals surface area contributed by atoms with Crippen LogP contribution >= 0.6 is 0 Å². The summed E-state index contributed by atoms with van der Waals surface area (Å²) in [4.78, 5) is 6.86. The number of aromatic hydroxyl groups is 1. The second kappa shape index (κ2) is 4.04. The lowest BCUT2D eigenvalue weighted by molar-refractivity contribution is 0.305. The van der Waals surface area contributed by atoms with E-state index in [1.54, 1.807) is 12.1 Å². The van der Waals surface area contributed by atoms with Crippen LogP contribution in [0.3, 0.4) is 0 Å². The molecule has 1 saturated heterocycles. The van der Waals surface area contributed by atoms with E-state index in [1.165, 1.54) is 19.4 Å². The van der Waals surface area contributed by atoms with Crippen molar-refractivity contribution in [3.63, 3.8) is 0 Å². The maximum Gasteiger partial charge on any atom is 0.119 e. The average molecular weight is 231 g/mol. The predicted molar refractivity (Wildman–Crippen MR) is 66.2 cm³/mol. The maximum absolute atomic E-state index is 9.42. The van der Waals surface area contributed by atoms with E-state index in [2.05, 4.69) is 21.3 Å². The van der Waals surface area contributed by atoms with E-state index in [-0.39, 0.29) is 0 Å². The van der Waals surface area contributed by atoms with Crippen molar-refractivity contribution in [1.29, 1.82) is 0 Å². The quantitative estimate of drug-likeness (QED) is 0.855.